The minimum Gasteiger partial charge on any atom is -0.441 e. The Hall–Kier alpha value is -3.62. The van der Waals surface area contributed by atoms with Gasteiger partial charge in [-0.15, -0.1) is 0 Å². The minimum atomic E-state index is -4.60. The van der Waals surface area contributed by atoms with Crippen LogP contribution in [0.4, 0.5) is 18.9 Å². The number of hydrogen-bond acceptors (Lipinski definition) is 4. The molecule has 3 rings (SSSR count). The third-order valence-corrected chi connectivity index (χ3v) is 4.74. The topological polar surface area (TPSA) is 75.4 Å². The van der Waals surface area contributed by atoms with Crippen LogP contribution < -0.4 is 5.32 Å². The lowest BCUT2D eigenvalue weighted by Gasteiger charge is -2.21. The Labute approximate surface area is 183 Å². The summed E-state index contributed by atoms with van der Waals surface area (Å²) in [6.07, 6.45) is -2.73. The second-order valence-corrected chi connectivity index (χ2v) is 6.98. The number of amides is 2. The third-order valence-electron chi connectivity index (χ3n) is 4.74. The number of likely N-dealkylation sites (N-methyl/N-ethyl adjacent to an activating group) is 1. The molecule has 0 fully saturated rings. The van der Waals surface area contributed by atoms with E-state index in [1.165, 1.54) is 23.1 Å². The molecule has 1 aromatic heterocycles. The molecule has 2 amide bonds. The normalized spacial score (nSPS) is 11.2. The van der Waals surface area contributed by atoms with E-state index in [0.29, 0.717) is 11.7 Å². The first kappa shape index (κ1) is 23.1. The van der Waals surface area contributed by atoms with Gasteiger partial charge in [-0.3, -0.25) is 9.59 Å². The van der Waals surface area contributed by atoms with Crippen molar-refractivity contribution in [2.24, 2.45) is 0 Å². The number of nitrogens with one attached hydrogen (secondary N) is 1. The molecule has 3 aromatic rings. The van der Waals surface area contributed by atoms with Crippen LogP contribution in [0.2, 0.25) is 0 Å². The van der Waals surface area contributed by atoms with Crippen molar-refractivity contribution in [1.29, 1.82) is 0 Å². The van der Waals surface area contributed by atoms with Gasteiger partial charge in [0.1, 0.15) is 0 Å². The number of halogens is 3. The highest BCUT2D eigenvalue weighted by Gasteiger charge is 2.33. The van der Waals surface area contributed by atoms with Gasteiger partial charge in [0.05, 0.1) is 24.0 Å². The van der Waals surface area contributed by atoms with Crippen molar-refractivity contribution in [3.63, 3.8) is 0 Å². The van der Waals surface area contributed by atoms with Crippen LogP contribution in [0.5, 0.6) is 0 Å². The zero-order chi connectivity index (χ0) is 23.1. The van der Waals surface area contributed by atoms with E-state index in [1.54, 1.807) is 13.1 Å². The number of benzene rings is 2. The maximum Gasteiger partial charge on any atom is 0.418 e. The summed E-state index contributed by atoms with van der Waals surface area (Å²) in [4.78, 5) is 30.3. The summed E-state index contributed by atoms with van der Waals surface area (Å²) in [5.41, 5.74) is -0.425. The first-order valence-electron chi connectivity index (χ1n) is 10.0. The summed E-state index contributed by atoms with van der Waals surface area (Å²) in [6, 6.07) is 14.1. The quantitative estimate of drug-likeness (QED) is 0.542. The molecule has 1 N–H and O–H groups in total. The Morgan fingerprint density at radius 1 is 1.06 bits per heavy atom. The number of para-hydroxylation sites is 1. The lowest BCUT2D eigenvalue weighted by molar-refractivity contribution is -0.137. The first-order valence-corrected chi connectivity index (χ1v) is 10.0. The van der Waals surface area contributed by atoms with E-state index in [4.69, 9.17) is 4.42 Å². The van der Waals surface area contributed by atoms with Crippen molar-refractivity contribution < 1.29 is 27.2 Å². The molecule has 0 unspecified atom stereocenters. The fourth-order valence-electron chi connectivity index (χ4n) is 3.11. The molecule has 2 aromatic carbocycles. The van der Waals surface area contributed by atoms with Crippen molar-refractivity contribution in [3.8, 4) is 11.3 Å². The van der Waals surface area contributed by atoms with Crippen molar-refractivity contribution >= 4 is 17.5 Å². The van der Waals surface area contributed by atoms with Gasteiger partial charge < -0.3 is 14.6 Å². The molecule has 9 heteroatoms. The van der Waals surface area contributed by atoms with Crippen molar-refractivity contribution in [2.45, 2.75) is 25.9 Å². The standard InChI is InChI=1S/C23H22F3N3O3/c1-2-29(15-20(30)28-18-11-7-6-10-17(18)23(24,25)26)22(31)13-12-21-27-14-19(32-21)16-8-4-3-5-9-16/h3-11,14H,2,12-13,15H2,1H3,(H,28,30). The summed E-state index contributed by atoms with van der Waals surface area (Å²) in [6.45, 7) is 1.56. The SMILES string of the molecule is CCN(CC(=O)Nc1ccccc1C(F)(F)F)C(=O)CCc1ncc(-c2ccccc2)o1. The average molecular weight is 445 g/mol. The molecular weight excluding hydrogens is 423 g/mol. The highest BCUT2D eigenvalue weighted by molar-refractivity contribution is 5.95. The smallest absolute Gasteiger partial charge is 0.418 e. The molecule has 1 heterocycles. The van der Waals surface area contributed by atoms with Crippen molar-refractivity contribution in [1.82, 2.24) is 9.88 Å². The fraction of sp³-hybridized carbons (Fsp3) is 0.261. The fourth-order valence-corrected chi connectivity index (χ4v) is 3.11. The van der Waals surface area contributed by atoms with Gasteiger partial charge in [-0.2, -0.15) is 13.2 Å². The number of anilines is 1. The summed E-state index contributed by atoms with van der Waals surface area (Å²) >= 11 is 0. The van der Waals surface area contributed by atoms with E-state index < -0.39 is 17.6 Å². The molecule has 0 aliphatic carbocycles. The van der Waals surface area contributed by atoms with Gasteiger partial charge in [-0.25, -0.2) is 4.98 Å². The molecule has 0 aliphatic rings. The van der Waals surface area contributed by atoms with Gasteiger partial charge in [-0.05, 0) is 19.1 Å². The number of aryl methyl sites for hydroxylation is 1. The second kappa shape index (κ2) is 10.1. The Morgan fingerprint density at radius 3 is 2.44 bits per heavy atom. The lowest BCUT2D eigenvalue weighted by Crippen LogP contribution is -2.38. The molecule has 0 bridgehead atoms. The van der Waals surface area contributed by atoms with E-state index in [0.717, 1.165) is 11.6 Å². The third kappa shape index (κ3) is 5.96. The lowest BCUT2D eigenvalue weighted by atomic mass is 10.1. The summed E-state index contributed by atoms with van der Waals surface area (Å²) < 4.78 is 45.0. The van der Waals surface area contributed by atoms with Gasteiger partial charge in [0, 0.05) is 24.9 Å². The summed E-state index contributed by atoms with van der Waals surface area (Å²) in [5, 5.41) is 2.25. The number of alkyl halides is 3. The molecule has 0 spiro atoms. The van der Waals surface area contributed by atoms with Crippen LogP contribution in [-0.2, 0) is 22.2 Å². The second-order valence-electron chi connectivity index (χ2n) is 6.98. The van der Waals surface area contributed by atoms with Gasteiger partial charge >= 0.3 is 6.18 Å². The largest absolute Gasteiger partial charge is 0.441 e. The molecule has 168 valence electrons. The van der Waals surface area contributed by atoms with Crippen LogP contribution in [0, 0.1) is 0 Å². The Kier molecular flexibility index (Phi) is 7.29. The predicted molar refractivity (Wildman–Crippen MR) is 113 cm³/mol. The van der Waals surface area contributed by atoms with Crippen molar-refractivity contribution in [2.75, 3.05) is 18.4 Å². The Balaban J connectivity index is 1.56. The van der Waals surface area contributed by atoms with Crippen LogP contribution in [0.3, 0.4) is 0 Å². The van der Waals surface area contributed by atoms with Gasteiger partial charge in [-0.1, -0.05) is 42.5 Å². The number of hydrogen-bond donors (Lipinski definition) is 1. The molecule has 0 saturated heterocycles. The van der Waals surface area contributed by atoms with E-state index in [1.807, 2.05) is 30.3 Å². The van der Waals surface area contributed by atoms with Gasteiger partial charge in [0.15, 0.2) is 11.7 Å². The number of nitrogens with zero attached hydrogens (tertiary/aromatic N) is 2. The van der Waals surface area contributed by atoms with Gasteiger partial charge in [0.2, 0.25) is 11.8 Å². The average Bonchev–Trinajstić information content (AvgIpc) is 3.25. The highest BCUT2D eigenvalue weighted by atomic mass is 19.4. The summed E-state index contributed by atoms with van der Waals surface area (Å²) in [5.74, 6) is -0.0643. The van der Waals surface area contributed by atoms with Crippen LogP contribution in [0.25, 0.3) is 11.3 Å². The van der Waals surface area contributed by atoms with Crippen LogP contribution in [0.1, 0.15) is 24.8 Å². The van der Waals surface area contributed by atoms with E-state index in [-0.39, 0.29) is 37.5 Å². The zero-order valence-electron chi connectivity index (χ0n) is 17.4. The molecule has 0 aliphatic heterocycles. The molecule has 32 heavy (non-hydrogen) atoms. The van der Waals surface area contributed by atoms with Crippen LogP contribution >= 0.6 is 0 Å². The molecule has 0 saturated carbocycles. The predicted octanol–water partition coefficient (Wildman–Crippen LogP) is 4.78. The van der Waals surface area contributed by atoms with E-state index >= 15 is 0 Å². The molecule has 0 radical (unpaired) electrons. The van der Waals surface area contributed by atoms with E-state index in [2.05, 4.69) is 10.3 Å². The number of aromatic nitrogens is 1. The molecular formula is C23H22F3N3O3. The van der Waals surface area contributed by atoms with E-state index in [9.17, 15) is 22.8 Å². The van der Waals surface area contributed by atoms with Crippen LogP contribution in [0.15, 0.2) is 65.2 Å². The Bertz CT molecular complexity index is 1060. The Morgan fingerprint density at radius 2 is 1.75 bits per heavy atom. The number of rotatable bonds is 8. The number of carbonyl (C=O) groups excluding carboxylic acids is 2. The van der Waals surface area contributed by atoms with Gasteiger partial charge in [0.25, 0.3) is 0 Å². The van der Waals surface area contributed by atoms with Crippen molar-refractivity contribution in [3.05, 3.63) is 72.2 Å². The van der Waals surface area contributed by atoms with Crippen LogP contribution in [-0.4, -0.2) is 34.8 Å². The minimum absolute atomic E-state index is 0.0506. The maximum absolute atomic E-state index is 13.1. The molecule has 6 nitrogen and oxygen atoms in total. The zero-order valence-corrected chi connectivity index (χ0v) is 17.4. The summed E-state index contributed by atoms with van der Waals surface area (Å²) in [7, 11) is 0. The molecule has 0 atom stereocenters. The maximum atomic E-state index is 13.1. The monoisotopic (exact) mass is 445 g/mol. The number of carbonyl (C=O) groups is 2. The highest BCUT2D eigenvalue weighted by Crippen LogP contribution is 2.34. The first-order chi connectivity index (χ1) is 15.3. The number of oxazole rings is 1.